The minimum atomic E-state index is -0.220. The van der Waals surface area contributed by atoms with Crippen molar-refractivity contribution < 1.29 is 14.2 Å². The van der Waals surface area contributed by atoms with Crippen molar-refractivity contribution in [1.29, 1.82) is 0 Å². The van der Waals surface area contributed by atoms with Crippen molar-refractivity contribution in [2.24, 2.45) is 23.7 Å². The van der Waals surface area contributed by atoms with E-state index < -0.39 is 0 Å². The molecule has 0 bridgehead atoms. The van der Waals surface area contributed by atoms with Crippen molar-refractivity contribution in [3.05, 3.63) is 0 Å². The maximum Gasteiger partial charge on any atom is 0.170 e. The summed E-state index contributed by atoms with van der Waals surface area (Å²) in [5, 5.41) is 0. The van der Waals surface area contributed by atoms with Crippen LogP contribution in [0, 0.1) is 23.7 Å². The number of piperidine rings is 5. The summed E-state index contributed by atoms with van der Waals surface area (Å²) < 4.78 is 16.6. The van der Waals surface area contributed by atoms with Crippen molar-refractivity contribution in [3.63, 3.8) is 0 Å². The van der Waals surface area contributed by atoms with Crippen LogP contribution in [0.25, 0.3) is 0 Å². The van der Waals surface area contributed by atoms with E-state index in [1.54, 1.807) is 0 Å². The second-order valence-electron chi connectivity index (χ2n) is 45.3. The average Bonchev–Trinajstić information content (AvgIpc) is 1.73. The molecule has 654 valence electrons. The number of morpholine rings is 1. The molecule has 10 rings (SSSR count). The van der Waals surface area contributed by atoms with Crippen LogP contribution in [0.3, 0.4) is 0 Å². The fourth-order valence-corrected chi connectivity index (χ4v) is 17.1. The van der Waals surface area contributed by atoms with E-state index in [2.05, 4.69) is 305 Å². The van der Waals surface area contributed by atoms with E-state index in [1.165, 1.54) is 201 Å². The Morgan fingerprint density at radius 1 is 0.284 bits per heavy atom. The second-order valence-corrected chi connectivity index (χ2v) is 45.3. The maximum atomic E-state index is 5.69. The summed E-state index contributed by atoms with van der Waals surface area (Å²) in [6, 6.07) is 0.846. The van der Waals surface area contributed by atoms with Gasteiger partial charge in [0.25, 0.3) is 0 Å². The first kappa shape index (κ1) is 106. The molecule has 0 radical (unpaired) electrons. The zero-order valence-electron chi connectivity index (χ0n) is 81.5. The van der Waals surface area contributed by atoms with Gasteiger partial charge in [0.2, 0.25) is 0 Å². The van der Waals surface area contributed by atoms with Gasteiger partial charge in [0, 0.05) is 120 Å². The Hall–Kier alpha value is -0.520. The predicted molar refractivity (Wildman–Crippen MR) is 484 cm³/mol. The smallest absolute Gasteiger partial charge is 0.170 e. The first-order valence-electron chi connectivity index (χ1n) is 46.2. The van der Waals surface area contributed by atoms with Gasteiger partial charge in [0.05, 0.1) is 26.4 Å². The lowest BCUT2D eigenvalue weighted by atomic mass is 9.88. The SMILES string of the molecule is CC(C)(C)N1CCC2(CC1)OCCO2.CC(C)(C)N1CCCC1.CC(C)(C)N1CCCCC1.CC(C)(C)N1CCCCCC1.CC(C)(C)N1CCOCC1.CC1CC(C)CN(C(C)(C)C)C1.CC1CCCN(C(C)(C)C)C1.CC1CCN(C(C)(C)C)CC1.CCN(CC)C(C)(C)C.CN(C1CCCCC1)C(C)(C)C. The molecule has 3 atom stereocenters. The molecule has 1 spiro atoms. The van der Waals surface area contributed by atoms with Gasteiger partial charge in [-0.25, -0.2) is 0 Å². The van der Waals surface area contributed by atoms with Gasteiger partial charge in [-0.3, -0.25) is 49.0 Å². The Balaban J connectivity index is 0.000000607. The number of ether oxygens (including phenoxy) is 3. The summed E-state index contributed by atoms with van der Waals surface area (Å²) in [6.45, 7) is 108. The molecule has 9 aliphatic heterocycles. The molecule has 1 saturated carbocycles. The molecular formula is C96H202N10O3. The molecule has 0 amide bonds. The molecule has 0 aromatic heterocycles. The van der Waals surface area contributed by atoms with E-state index in [1.807, 2.05) is 0 Å². The van der Waals surface area contributed by atoms with Crippen LogP contribution in [-0.2, 0) is 14.2 Å². The van der Waals surface area contributed by atoms with Crippen LogP contribution in [0.4, 0.5) is 0 Å². The third kappa shape index (κ3) is 46.4. The molecule has 13 nitrogen and oxygen atoms in total. The van der Waals surface area contributed by atoms with E-state index in [4.69, 9.17) is 14.2 Å². The number of hydrogen-bond acceptors (Lipinski definition) is 13. The average molecular weight is 1540 g/mol. The minimum absolute atomic E-state index is 0.220. The largest absolute Gasteiger partial charge is 0.379 e. The molecule has 0 aromatic rings. The summed E-state index contributed by atoms with van der Waals surface area (Å²) in [4.78, 5) is 25.5. The molecule has 3 unspecified atom stereocenters. The number of rotatable bonds is 3. The number of nitrogens with zero attached hydrogens (tertiary/aromatic N) is 10. The highest BCUT2D eigenvalue weighted by molar-refractivity contribution is 4.90. The van der Waals surface area contributed by atoms with Crippen LogP contribution >= 0.6 is 0 Å². The zero-order valence-corrected chi connectivity index (χ0v) is 81.5. The lowest BCUT2D eigenvalue weighted by molar-refractivity contribution is -0.190. The Labute approximate surface area is 685 Å². The molecule has 10 aliphatic rings. The van der Waals surface area contributed by atoms with Gasteiger partial charge >= 0.3 is 0 Å². The fraction of sp³-hybridized carbons (Fsp3) is 1.00. The second kappa shape index (κ2) is 49.8. The molecule has 9 heterocycles. The lowest BCUT2D eigenvalue weighted by Gasteiger charge is -2.43. The Kier molecular flexibility index (Phi) is 48.6. The van der Waals surface area contributed by atoms with Crippen molar-refractivity contribution in [3.8, 4) is 0 Å². The Morgan fingerprint density at radius 3 is 0.872 bits per heavy atom. The van der Waals surface area contributed by atoms with Crippen molar-refractivity contribution in [1.82, 2.24) is 49.0 Å². The van der Waals surface area contributed by atoms with Crippen molar-refractivity contribution in [2.75, 3.05) is 151 Å². The number of likely N-dealkylation sites (tertiary alicyclic amines) is 7. The predicted octanol–water partition coefficient (Wildman–Crippen LogP) is 22.5. The van der Waals surface area contributed by atoms with Gasteiger partial charge in [0.15, 0.2) is 5.79 Å². The van der Waals surface area contributed by atoms with Crippen LogP contribution in [0.15, 0.2) is 0 Å². The summed E-state index contributed by atoms with van der Waals surface area (Å²) in [5.74, 6) is 3.40. The highest BCUT2D eigenvalue weighted by Gasteiger charge is 2.42. The topological polar surface area (TPSA) is 60.1 Å². The third-order valence-electron chi connectivity index (χ3n) is 25.2. The van der Waals surface area contributed by atoms with Crippen LogP contribution in [0.2, 0.25) is 0 Å². The monoisotopic (exact) mass is 1540 g/mol. The van der Waals surface area contributed by atoms with Gasteiger partial charge in [-0.15, -0.1) is 0 Å². The molecular weight excluding hydrogens is 1340 g/mol. The standard InChI is InChI=1S/C11H21NO2.2C11H23N.3C10H21N.C9H19N.C8H17NO.C8H17N.C8H19N/c1-10(2,3)12-6-4-11(5-7-12)13-8-9-14-11;1-9-6-10(2)8-12(7-9)11(3,4)5;1-11(2,3)12(4)10-8-6-5-7-9-10;1-9-5-7-11(8-6-9)10(2,3)4;1-9-6-5-7-11(8-9)10(2,3)4;1-10(2,3)11-8-6-4-5-7-9-11;1-9(2,3)10-7-5-4-6-8-10;1-8(2,3)9-4-6-10-7-5-9;1-8(2,3)9-6-4-5-7-9;1-6-9(7-2)8(3,4)5/h4-9H2,1-3H3;9-10H,6-8H2,1-5H3;10H,5-9H2,1-4H3;2*9H,5-8H2,1-4H3;4-9H2,1-3H3;4-8H2,1-3H3;4-7H2,1-3H3;4-7H2,1-3H3;6-7H2,1-5H3. The molecule has 0 N–H and O–H groups in total. The third-order valence-corrected chi connectivity index (χ3v) is 25.2. The van der Waals surface area contributed by atoms with Gasteiger partial charge in [-0.2, -0.15) is 0 Å². The minimum Gasteiger partial charge on any atom is -0.379 e. The summed E-state index contributed by atoms with van der Waals surface area (Å²) in [5.41, 5.74) is 3.65. The highest BCUT2D eigenvalue weighted by Crippen LogP contribution is 2.35. The van der Waals surface area contributed by atoms with Crippen LogP contribution in [-0.4, -0.2) is 267 Å². The van der Waals surface area contributed by atoms with E-state index in [-0.39, 0.29) is 11.3 Å². The van der Waals surface area contributed by atoms with Gasteiger partial charge in [-0.1, -0.05) is 80.1 Å². The molecule has 10 fully saturated rings. The molecule has 109 heavy (non-hydrogen) atoms. The van der Waals surface area contributed by atoms with Gasteiger partial charge in [-0.05, 0) is 394 Å². The Bertz CT molecular complexity index is 2140. The summed E-state index contributed by atoms with van der Waals surface area (Å²) >= 11 is 0. The summed E-state index contributed by atoms with van der Waals surface area (Å²) in [6.07, 6.45) is 28.9. The van der Waals surface area contributed by atoms with Crippen LogP contribution < -0.4 is 0 Å². The molecule has 13 heteroatoms. The molecule has 0 aromatic carbocycles. The summed E-state index contributed by atoms with van der Waals surface area (Å²) in [7, 11) is 2.27. The lowest BCUT2D eigenvalue weighted by Crippen LogP contribution is -2.51. The normalized spacial score (nSPS) is 24.6. The van der Waals surface area contributed by atoms with E-state index in [9.17, 15) is 0 Å². The van der Waals surface area contributed by atoms with Crippen LogP contribution in [0.5, 0.6) is 0 Å². The highest BCUT2D eigenvalue weighted by atomic mass is 16.7. The Morgan fingerprint density at radius 2 is 0.578 bits per heavy atom. The number of hydrogen-bond donors (Lipinski definition) is 0. The van der Waals surface area contributed by atoms with Crippen LogP contribution in [0.1, 0.15) is 384 Å². The van der Waals surface area contributed by atoms with Gasteiger partial charge in [0.1, 0.15) is 0 Å². The van der Waals surface area contributed by atoms with E-state index >= 15 is 0 Å². The first-order valence-corrected chi connectivity index (χ1v) is 46.2. The van der Waals surface area contributed by atoms with E-state index in [0.29, 0.717) is 49.9 Å². The quantitative estimate of drug-likeness (QED) is 0.270. The first-order chi connectivity index (χ1) is 49.9. The van der Waals surface area contributed by atoms with Crippen molar-refractivity contribution in [2.45, 2.75) is 451 Å². The van der Waals surface area contributed by atoms with Crippen molar-refractivity contribution >= 4 is 0 Å². The molecule has 1 aliphatic carbocycles. The zero-order chi connectivity index (χ0) is 83.7. The molecule has 9 saturated heterocycles. The van der Waals surface area contributed by atoms with Gasteiger partial charge < -0.3 is 14.2 Å². The van der Waals surface area contributed by atoms with E-state index in [0.717, 1.165) is 108 Å². The fourth-order valence-electron chi connectivity index (χ4n) is 17.1. The maximum absolute atomic E-state index is 5.69.